The van der Waals surface area contributed by atoms with Gasteiger partial charge >= 0.3 is 1.43 Å². The minimum absolute atomic E-state index is 0. The van der Waals surface area contributed by atoms with Crippen LogP contribution in [0.4, 0.5) is 0 Å². The predicted octanol–water partition coefficient (Wildman–Crippen LogP) is 1.61. The molecule has 0 N–H and O–H groups in total. The quantitative estimate of drug-likeness (QED) is 0.773. The topological polar surface area (TPSA) is 45.6 Å². The highest BCUT2D eigenvalue weighted by Gasteiger charge is 2.16. The molecule has 1 amide bonds. The average molecular weight is 218 g/mol. The molecule has 2 rings (SSSR count). The van der Waals surface area contributed by atoms with Gasteiger partial charge in [-0.05, 0) is 19.9 Å². The SMILES string of the molecule is CCN(CC)C(=O)c1ccc2c(n1)C=NC2.[H+]. The van der Waals surface area contributed by atoms with E-state index in [1.54, 1.807) is 17.2 Å². The molecule has 4 heteroatoms. The summed E-state index contributed by atoms with van der Waals surface area (Å²) >= 11 is 0. The van der Waals surface area contributed by atoms with Crippen molar-refractivity contribution in [3.05, 3.63) is 29.1 Å². The molecule has 1 aromatic heterocycles. The standard InChI is InChI=1S/C12H15N3O/c1-3-15(4-2)12(16)10-6-5-9-7-13-8-11(9)14-10/h5-6,8H,3-4,7H2,1-2H3/p+1. The summed E-state index contributed by atoms with van der Waals surface area (Å²) in [5, 5.41) is 0. The Morgan fingerprint density at radius 1 is 1.44 bits per heavy atom. The smallest absolute Gasteiger partial charge is 0.338 e. The Morgan fingerprint density at radius 3 is 2.88 bits per heavy atom. The molecule has 0 atom stereocenters. The van der Waals surface area contributed by atoms with E-state index in [0.717, 1.165) is 11.3 Å². The zero-order chi connectivity index (χ0) is 11.5. The lowest BCUT2D eigenvalue weighted by Crippen LogP contribution is -2.31. The molecule has 0 aliphatic carbocycles. The number of hydrogen-bond acceptors (Lipinski definition) is 3. The molecule has 84 valence electrons. The summed E-state index contributed by atoms with van der Waals surface area (Å²) in [6, 6.07) is 3.72. The van der Waals surface area contributed by atoms with Crippen molar-refractivity contribution in [1.82, 2.24) is 9.88 Å². The zero-order valence-electron chi connectivity index (χ0n) is 10.6. The first kappa shape index (κ1) is 10.8. The van der Waals surface area contributed by atoms with Gasteiger partial charge in [0, 0.05) is 24.9 Å². The number of fused-ring (bicyclic) bond motifs is 1. The van der Waals surface area contributed by atoms with E-state index in [1.807, 2.05) is 19.9 Å². The maximum Gasteiger partial charge on any atom is 1.00 e. The van der Waals surface area contributed by atoms with Crippen molar-refractivity contribution in [3.63, 3.8) is 0 Å². The third-order valence-electron chi connectivity index (χ3n) is 2.76. The van der Waals surface area contributed by atoms with Gasteiger partial charge in [-0.25, -0.2) is 4.98 Å². The molecular weight excluding hydrogens is 202 g/mol. The van der Waals surface area contributed by atoms with Crippen LogP contribution in [0.5, 0.6) is 0 Å². The molecule has 1 aromatic rings. The van der Waals surface area contributed by atoms with Gasteiger partial charge in [0.25, 0.3) is 5.91 Å². The number of nitrogens with zero attached hydrogens (tertiary/aromatic N) is 3. The van der Waals surface area contributed by atoms with E-state index in [9.17, 15) is 4.79 Å². The molecule has 1 aliphatic rings. The monoisotopic (exact) mass is 218 g/mol. The molecule has 4 nitrogen and oxygen atoms in total. The van der Waals surface area contributed by atoms with Crippen molar-refractivity contribution in [2.75, 3.05) is 13.1 Å². The van der Waals surface area contributed by atoms with Crippen LogP contribution in [0.15, 0.2) is 17.1 Å². The van der Waals surface area contributed by atoms with Crippen molar-refractivity contribution in [2.24, 2.45) is 4.99 Å². The predicted molar refractivity (Wildman–Crippen MR) is 63.9 cm³/mol. The summed E-state index contributed by atoms with van der Waals surface area (Å²) in [5.74, 6) is -0.00639. The lowest BCUT2D eigenvalue weighted by atomic mass is 10.2. The van der Waals surface area contributed by atoms with Crippen LogP contribution in [0.2, 0.25) is 0 Å². The van der Waals surface area contributed by atoms with E-state index < -0.39 is 0 Å². The van der Waals surface area contributed by atoms with E-state index in [4.69, 9.17) is 0 Å². The van der Waals surface area contributed by atoms with Crippen molar-refractivity contribution >= 4 is 12.1 Å². The Labute approximate surface area is 96.5 Å². The number of aliphatic imine (C=N–C) groups is 1. The molecule has 0 aromatic carbocycles. The van der Waals surface area contributed by atoms with Gasteiger partial charge in [-0.1, -0.05) is 6.07 Å². The van der Waals surface area contributed by atoms with Crippen LogP contribution < -0.4 is 0 Å². The van der Waals surface area contributed by atoms with Crippen molar-refractivity contribution < 1.29 is 6.22 Å². The lowest BCUT2D eigenvalue weighted by molar-refractivity contribution is 0.0767. The van der Waals surface area contributed by atoms with Gasteiger partial charge < -0.3 is 4.90 Å². The highest BCUT2D eigenvalue weighted by Crippen LogP contribution is 2.13. The first-order chi connectivity index (χ1) is 7.76. The summed E-state index contributed by atoms with van der Waals surface area (Å²) in [7, 11) is 0. The minimum atomic E-state index is -0.00639. The first-order valence-corrected chi connectivity index (χ1v) is 5.55. The third-order valence-corrected chi connectivity index (χ3v) is 2.76. The van der Waals surface area contributed by atoms with E-state index in [1.165, 1.54) is 0 Å². The third kappa shape index (κ3) is 1.83. The Kier molecular flexibility index (Phi) is 2.99. The fourth-order valence-corrected chi connectivity index (χ4v) is 1.77. The fourth-order valence-electron chi connectivity index (χ4n) is 1.77. The zero-order valence-corrected chi connectivity index (χ0v) is 9.60. The average Bonchev–Trinajstić information content (AvgIpc) is 2.77. The molecule has 0 saturated heterocycles. The van der Waals surface area contributed by atoms with Crippen LogP contribution >= 0.6 is 0 Å². The number of pyridine rings is 1. The number of amides is 1. The molecule has 2 heterocycles. The lowest BCUT2D eigenvalue weighted by Gasteiger charge is -2.18. The summed E-state index contributed by atoms with van der Waals surface area (Å²) in [6.07, 6.45) is 1.73. The Hall–Kier alpha value is -1.71. The summed E-state index contributed by atoms with van der Waals surface area (Å²) in [6.45, 7) is 6.04. The van der Waals surface area contributed by atoms with Crippen LogP contribution in [-0.4, -0.2) is 35.1 Å². The Balaban J connectivity index is 0.00000144. The molecule has 0 unspecified atom stereocenters. The number of aromatic nitrogens is 1. The van der Waals surface area contributed by atoms with E-state index in [-0.39, 0.29) is 7.33 Å². The van der Waals surface area contributed by atoms with Gasteiger partial charge in [0.15, 0.2) is 0 Å². The van der Waals surface area contributed by atoms with Gasteiger partial charge in [0.1, 0.15) is 5.69 Å². The molecule has 0 spiro atoms. The van der Waals surface area contributed by atoms with Crippen LogP contribution in [0.3, 0.4) is 0 Å². The minimum Gasteiger partial charge on any atom is -0.338 e. The first-order valence-electron chi connectivity index (χ1n) is 5.55. The van der Waals surface area contributed by atoms with Crippen molar-refractivity contribution in [1.29, 1.82) is 0 Å². The van der Waals surface area contributed by atoms with Crippen LogP contribution in [0.1, 0.15) is 37.0 Å². The highest BCUT2D eigenvalue weighted by atomic mass is 16.2. The second kappa shape index (κ2) is 4.43. The second-order valence-corrected chi connectivity index (χ2v) is 3.69. The molecule has 16 heavy (non-hydrogen) atoms. The summed E-state index contributed by atoms with van der Waals surface area (Å²) < 4.78 is 0. The van der Waals surface area contributed by atoms with E-state index >= 15 is 0 Å². The molecule has 1 aliphatic heterocycles. The number of carbonyl (C=O) groups is 1. The van der Waals surface area contributed by atoms with Crippen LogP contribution in [0.25, 0.3) is 0 Å². The molecule has 0 bridgehead atoms. The highest BCUT2D eigenvalue weighted by molar-refractivity contribution is 5.93. The van der Waals surface area contributed by atoms with Gasteiger partial charge in [-0.2, -0.15) is 0 Å². The van der Waals surface area contributed by atoms with E-state index in [2.05, 4.69) is 9.98 Å². The van der Waals surface area contributed by atoms with Crippen LogP contribution in [0, 0.1) is 0 Å². The number of hydrogen-bond donors (Lipinski definition) is 0. The maximum atomic E-state index is 12.0. The van der Waals surface area contributed by atoms with Gasteiger partial charge in [-0.15, -0.1) is 0 Å². The molecule has 0 fully saturated rings. The summed E-state index contributed by atoms with van der Waals surface area (Å²) in [5.41, 5.74) is 2.44. The number of rotatable bonds is 3. The van der Waals surface area contributed by atoms with Gasteiger partial charge in [0.05, 0.1) is 12.2 Å². The molecule has 0 radical (unpaired) electrons. The second-order valence-electron chi connectivity index (χ2n) is 3.69. The maximum absolute atomic E-state index is 12.0. The van der Waals surface area contributed by atoms with Crippen molar-refractivity contribution in [3.8, 4) is 0 Å². The molecular formula is C12H16N3O+. The van der Waals surface area contributed by atoms with Gasteiger partial charge in [0.2, 0.25) is 0 Å². The normalized spacial score (nSPS) is 12.6. The summed E-state index contributed by atoms with van der Waals surface area (Å²) in [4.78, 5) is 22.2. The largest absolute Gasteiger partial charge is 1.00 e. The van der Waals surface area contributed by atoms with Gasteiger partial charge in [-0.3, -0.25) is 9.79 Å². The fraction of sp³-hybridized carbons (Fsp3) is 0.417. The van der Waals surface area contributed by atoms with Crippen LogP contribution in [-0.2, 0) is 6.54 Å². The van der Waals surface area contributed by atoms with Crippen molar-refractivity contribution in [2.45, 2.75) is 20.4 Å². The molecule has 0 saturated carbocycles. The number of carbonyl (C=O) groups excluding carboxylic acids is 1. The Bertz CT molecular complexity index is 441. The Morgan fingerprint density at radius 2 is 2.19 bits per heavy atom. The van der Waals surface area contributed by atoms with E-state index in [0.29, 0.717) is 25.3 Å².